The molecule has 1 saturated heterocycles. The molecule has 6 nitrogen and oxygen atoms in total. The number of likely N-dealkylation sites (tertiary alicyclic amines) is 1. The van der Waals surface area contributed by atoms with Gasteiger partial charge in [0.1, 0.15) is 0 Å². The van der Waals surface area contributed by atoms with Crippen molar-refractivity contribution in [1.82, 2.24) is 15.5 Å². The Labute approximate surface area is 186 Å². The Bertz CT molecular complexity index is 818. The Morgan fingerprint density at radius 3 is 2.48 bits per heavy atom. The molecule has 0 unspecified atom stereocenters. The maximum atomic E-state index is 5.69. The molecule has 168 valence electrons. The fourth-order valence-corrected chi connectivity index (χ4v) is 3.85. The Morgan fingerprint density at radius 2 is 1.81 bits per heavy atom. The summed E-state index contributed by atoms with van der Waals surface area (Å²) in [5.74, 6) is 2.39. The summed E-state index contributed by atoms with van der Waals surface area (Å²) in [5, 5.41) is 7.01. The highest BCUT2D eigenvalue weighted by Crippen LogP contribution is 2.28. The second kappa shape index (κ2) is 12.2. The zero-order valence-corrected chi connectivity index (χ0v) is 19.1. The van der Waals surface area contributed by atoms with Crippen molar-refractivity contribution < 1.29 is 9.47 Å². The van der Waals surface area contributed by atoms with E-state index in [-0.39, 0.29) is 0 Å². The van der Waals surface area contributed by atoms with Crippen LogP contribution in [0.4, 0.5) is 0 Å². The summed E-state index contributed by atoms with van der Waals surface area (Å²) in [6.45, 7) is 9.34. The summed E-state index contributed by atoms with van der Waals surface area (Å²) in [6.07, 6.45) is 2.24. The largest absolute Gasteiger partial charge is 0.493 e. The van der Waals surface area contributed by atoms with Crippen LogP contribution in [0.3, 0.4) is 0 Å². The van der Waals surface area contributed by atoms with Crippen molar-refractivity contribution >= 4 is 5.96 Å². The summed E-state index contributed by atoms with van der Waals surface area (Å²) < 4.78 is 11.1. The van der Waals surface area contributed by atoms with Crippen molar-refractivity contribution in [3.05, 3.63) is 59.7 Å². The van der Waals surface area contributed by atoms with Gasteiger partial charge in [0.05, 0.1) is 20.3 Å². The van der Waals surface area contributed by atoms with Crippen molar-refractivity contribution in [2.24, 2.45) is 4.99 Å². The number of aliphatic imine (C=N–C) groups is 1. The third kappa shape index (κ3) is 7.17. The molecule has 0 aliphatic carbocycles. The molecule has 1 fully saturated rings. The lowest BCUT2D eigenvalue weighted by atomic mass is 10.0. The minimum absolute atomic E-state index is 0.444. The van der Waals surface area contributed by atoms with Crippen molar-refractivity contribution in [3.63, 3.8) is 0 Å². The number of hydrogen-bond donors (Lipinski definition) is 2. The minimum Gasteiger partial charge on any atom is -0.493 e. The standard InChI is InChI=1S/C25H36N4O2/c1-4-26-25(27-18-21-11-12-23(30-3)24(17-21)31-5-2)28-22-13-15-29(16-14-22)19-20-9-7-6-8-10-20/h6-12,17,22H,4-5,13-16,18-19H2,1-3H3,(H2,26,27,28). The third-order valence-electron chi connectivity index (χ3n) is 5.47. The Hall–Kier alpha value is -2.73. The number of nitrogens with one attached hydrogen (secondary N) is 2. The van der Waals surface area contributed by atoms with Crippen LogP contribution < -0.4 is 20.1 Å². The van der Waals surface area contributed by atoms with E-state index >= 15 is 0 Å². The van der Waals surface area contributed by atoms with Gasteiger partial charge in [-0.25, -0.2) is 4.99 Å². The van der Waals surface area contributed by atoms with Crippen molar-refractivity contribution in [3.8, 4) is 11.5 Å². The zero-order valence-electron chi connectivity index (χ0n) is 19.1. The van der Waals surface area contributed by atoms with E-state index in [0.29, 0.717) is 19.2 Å². The Morgan fingerprint density at radius 1 is 1.03 bits per heavy atom. The quantitative estimate of drug-likeness (QED) is 0.474. The summed E-state index contributed by atoms with van der Waals surface area (Å²) in [4.78, 5) is 7.34. The Balaban J connectivity index is 1.54. The van der Waals surface area contributed by atoms with E-state index in [0.717, 1.165) is 62.0 Å². The van der Waals surface area contributed by atoms with Gasteiger partial charge in [0, 0.05) is 32.2 Å². The molecule has 2 aromatic carbocycles. The number of nitrogens with zero attached hydrogens (tertiary/aromatic N) is 2. The molecule has 0 bridgehead atoms. The van der Waals surface area contributed by atoms with Crippen LogP contribution in [0.1, 0.15) is 37.8 Å². The van der Waals surface area contributed by atoms with Crippen molar-refractivity contribution in [2.75, 3.05) is 33.4 Å². The molecule has 0 saturated carbocycles. The van der Waals surface area contributed by atoms with Gasteiger partial charge in [-0.2, -0.15) is 0 Å². The number of ether oxygens (including phenoxy) is 2. The number of hydrogen-bond acceptors (Lipinski definition) is 4. The van der Waals surface area contributed by atoms with Gasteiger partial charge in [-0.15, -0.1) is 0 Å². The molecule has 3 rings (SSSR count). The van der Waals surface area contributed by atoms with Gasteiger partial charge < -0.3 is 20.1 Å². The second-order valence-corrected chi connectivity index (χ2v) is 7.79. The van der Waals surface area contributed by atoms with Crippen LogP contribution in [0.5, 0.6) is 11.5 Å². The normalized spacial score (nSPS) is 15.5. The first kappa shape index (κ1) is 22.9. The number of piperidine rings is 1. The topological polar surface area (TPSA) is 58.1 Å². The van der Waals surface area contributed by atoms with E-state index < -0.39 is 0 Å². The smallest absolute Gasteiger partial charge is 0.191 e. The average Bonchev–Trinajstić information content (AvgIpc) is 2.80. The maximum absolute atomic E-state index is 5.69. The monoisotopic (exact) mass is 424 g/mol. The SMILES string of the molecule is CCNC(=NCc1ccc(OC)c(OCC)c1)NC1CCN(Cc2ccccc2)CC1. The van der Waals surface area contributed by atoms with Crippen LogP contribution in [0, 0.1) is 0 Å². The summed E-state index contributed by atoms with van der Waals surface area (Å²) in [7, 11) is 1.66. The molecule has 2 aromatic rings. The van der Waals surface area contributed by atoms with E-state index in [9.17, 15) is 0 Å². The van der Waals surface area contributed by atoms with Gasteiger partial charge in [-0.3, -0.25) is 4.90 Å². The maximum Gasteiger partial charge on any atom is 0.191 e. The molecule has 0 radical (unpaired) electrons. The predicted molar refractivity (Wildman–Crippen MR) is 127 cm³/mol. The third-order valence-corrected chi connectivity index (χ3v) is 5.47. The van der Waals surface area contributed by atoms with E-state index in [2.05, 4.69) is 52.8 Å². The van der Waals surface area contributed by atoms with Gasteiger partial charge >= 0.3 is 0 Å². The molecular formula is C25H36N4O2. The van der Waals surface area contributed by atoms with Crippen molar-refractivity contribution in [2.45, 2.75) is 45.8 Å². The fourth-order valence-electron chi connectivity index (χ4n) is 3.85. The van der Waals surface area contributed by atoms with Crippen LogP contribution in [0.15, 0.2) is 53.5 Å². The summed E-state index contributed by atoms with van der Waals surface area (Å²) >= 11 is 0. The van der Waals surface area contributed by atoms with Gasteiger partial charge in [0.2, 0.25) is 0 Å². The summed E-state index contributed by atoms with van der Waals surface area (Å²) in [5.41, 5.74) is 2.48. The van der Waals surface area contributed by atoms with Crippen LogP contribution in [-0.2, 0) is 13.1 Å². The lowest BCUT2D eigenvalue weighted by molar-refractivity contribution is 0.198. The molecule has 0 spiro atoms. The molecule has 0 amide bonds. The first-order chi connectivity index (χ1) is 15.2. The lowest BCUT2D eigenvalue weighted by Gasteiger charge is -2.33. The minimum atomic E-state index is 0.444. The first-order valence-corrected chi connectivity index (χ1v) is 11.3. The molecule has 1 heterocycles. The summed E-state index contributed by atoms with van der Waals surface area (Å²) in [6, 6.07) is 17.1. The van der Waals surface area contributed by atoms with Gasteiger partial charge in [-0.05, 0) is 49.9 Å². The lowest BCUT2D eigenvalue weighted by Crippen LogP contribution is -2.48. The van der Waals surface area contributed by atoms with E-state index in [1.165, 1.54) is 5.56 Å². The van der Waals surface area contributed by atoms with Crippen LogP contribution >= 0.6 is 0 Å². The average molecular weight is 425 g/mol. The molecule has 0 atom stereocenters. The van der Waals surface area contributed by atoms with Crippen LogP contribution in [-0.4, -0.2) is 50.3 Å². The Kier molecular flexibility index (Phi) is 9.03. The fraction of sp³-hybridized carbons (Fsp3) is 0.480. The number of benzene rings is 2. The first-order valence-electron chi connectivity index (χ1n) is 11.3. The number of guanidine groups is 1. The van der Waals surface area contributed by atoms with Crippen LogP contribution in [0.2, 0.25) is 0 Å². The van der Waals surface area contributed by atoms with Crippen molar-refractivity contribution in [1.29, 1.82) is 0 Å². The van der Waals surface area contributed by atoms with E-state index in [1.807, 2.05) is 25.1 Å². The zero-order chi connectivity index (χ0) is 21.9. The molecule has 6 heteroatoms. The predicted octanol–water partition coefficient (Wildman–Crippen LogP) is 3.81. The highest BCUT2D eigenvalue weighted by Gasteiger charge is 2.20. The number of rotatable bonds is 9. The highest BCUT2D eigenvalue weighted by atomic mass is 16.5. The van der Waals surface area contributed by atoms with Gasteiger partial charge in [-0.1, -0.05) is 36.4 Å². The van der Waals surface area contributed by atoms with Gasteiger partial charge in [0.15, 0.2) is 17.5 Å². The molecule has 1 aliphatic heterocycles. The molecule has 0 aromatic heterocycles. The second-order valence-electron chi connectivity index (χ2n) is 7.79. The molecule has 1 aliphatic rings. The van der Waals surface area contributed by atoms with E-state index in [1.54, 1.807) is 7.11 Å². The van der Waals surface area contributed by atoms with Gasteiger partial charge in [0.25, 0.3) is 0 Å². The highest BCUT2D eigenvalue weighted by molar-refractivity contribution is 5.80. The molecular weight excluding hydrogens is 388 g/mol. The van der Waals surface area contributed by atoms with Crippen LogP contribution in [0.25, 0.3) is 0 Å². The number of methoxy groups -OCH3 is 1. The molecule has 2 N–H and O–H groups in total. The molecule has 31 heavy (non-hydrogen) atoms. The van der Waals surface area contributed by atoms with E-state index in [4.69, 9.17) is 14.5 Å².